The van der Waals surface area contributed by atoms with Gasteiger partial charge in [0.2, 0.25) is 5.62 Å². The fourth-order valence-corrected chi connectivity index (χ4v) is 4.36. The molecule has 0 saturated carbocycles. The number of nitrogens with zero attached hydrogens (tertiary/aromatic N) is 5. The monoisotopic (exact) mass is 509 g/mol. The first-order valence-corrected chi connectivity index (χ1v) is 12.5. The maximum absolute atomic E-state index is 14.1. The average Bonchev–Trinajstić information content (AvgIpc) is 3.20. The molecule has 0 amide bonds. The lowest BCUT2D eigenvalue weighted by Gasteiger charge is -2.23. The molecule has 0 spiro atoms. The minimum absolute atomic E-state index is 0.176. The van der Waals surface area contributed by atoms with E-state index < -0.39 is 24.3 Å². The molecule has 0 saturated heterocycles. The van der Waals surface area contributed by atoms with Gasteiger partial charge < -0.3 is 4.57 Å². The van der Waals surface area contributed by atoms with Crippen LogP contribution in [0.5, 0.6) is 0 Å². The lowest BCUT2D eigenvalue weighted by Crippen LogP contribution is -2.41. The van der Waals surface area contributed by atoms with Gasteiger partial charge in [0, 0.05) is 26.2 Å². The molecular weight excluding hydrogens is 474 g/mol. The Bertz CT molecular complexity index is 1290. The normalized spacial score (nSPS) is 17.1. The first kappa shape index (κ1) is 27.7. The maximum Gasteiger partial charge on any atom is 0.398 e. The Labute approximate surface area is 208 Å². The zero-order chi connectivity index (χ0) is 26.6. The molecule has 2 aromatic heterocycles. The summed E-state index contributed by atoms with van der Waals surface area (Å²) in [6.45, 7) is 13.6. The van der Waals surface area contributed by atoms with Crippen LogP contribution in [-0.2, 0) is 19.6 Å². The van der Waals surface area contributed by atoms with Crippen LogP contribution in [0.1, 0.15) is 59.2 Å². The summed E-state index contributed by atoms with van der Waals surface area (Å²) in [4.78, 5) is 22.9. The predicted octanol–water partition coefficient (Wildman–Crippen LogP) is 5.77. The number of hydrogen-bond acceptors (Lipinski definition) is 3. The number of imidazole rings is 1. The number of allylic oxidation sites excluding steroid dienone is 5. The van der Waals surface area contributed by atoms with Crippen molar-refractivity contribution in [3.05, 3.63) is 52.4 Å². The molecule has 198 valence electrons. The smallest absolute Gasteiger partial charge is 0.310 e. The fraction of sp³-hybridized carbons (Fsp3) is 0.577. The largest absolute Gasteiger partial charge is 0.398 e. The Kier molecular flexibility index (Phi) is 8.79. The van der Waals surface area contributed by atoms with Gasteiger partial charge in [-0.05, 0) is 43.8 Å². The highest BCUT2D eigenvalue weighted by Crippen LogP contribution is 2.42. The van der Waals surface area contributed by atoms with E-state index in [2.05, 4.69) is 18.5 Å². The summed E-state index contributed by atoms with van der Waals surface area (Å²) in [7, 11) is 0. The number of halogens is 4. The number of aryl methyl sites for hydroxylation is 2. The third kappa shape index (κ3) is 5.57. The van der Waals surface area contributed by atoms with Crippen molar-refractivity contribution in [3.63, 3.8) is 0 Å². The molecule has 0 aliphatic heterocycles. The second kappa shape index (κ2) is 11.4. The molecule has 0 bridgehead atoms. The van der Waals surface area contributed by atoms with Gasteiger partial charge in [0.05, 0.1) is 0 Å². The lowest BCUT2D eigenvalue weighted by atomic mass is 9.92. The molecule has 36 heavy (non-hydrogen) atoms. The number of fused-ring (bicyclic) bond motifs is 1. The molecule has 2 aromatic rings. The van der Waals surface area contributed by atoms with Crippen LogP contribution in [0.25, 0.3) is 16.7 Å². The van der Waals surface area contributed by atoms with Crippen molar-refractivity contribution in [1.82, 2.24) is 18.7 Å². The number of rotatable bonds is 10. The van der Waals surface area contributed by atoms with E-state index in [1.165, 1.54) is 6.08 Å². The Morgan fingerprint density at radius 3 is 2.50 bits per heavy atom. The van der Waals surface area contributed by atoms with Crippen molar-refractivity contribution < 1.29 is 17.6 Å². The van der Waals surface area contributed by atoms with E-state index in [1.54, 1.807) is 15.2 Å². The van der Waals surface area contributed by atoms with Crippen LogP contribution in [0.3, 0.4) is 0 Å². The molecule has 0 aromatic carbocycles. The molecule has 10 heteroatoms. The van der Waals surface area contributed by atoms with Crippen molar-refractivity contribution in [2.75, 3.05) is 6.54 Å². The van der Waals surface area contributed by atoms with Crippen LogP contribution in [0.2, 0.25) is 0 Å². The zero-order valence-electron chi connectivity index (χ0n) is 21.4. The molecule has 0 fully saturated rings. The molecule has 1 unspecified atom stereocenters. The summed E-state index contributed by atoms with van der Waals surface area (Å²) in [6.07, 6.45) is 0.829. The molecule has 0 N–H and O–H groups in total. The SMILES string of the molecule is C=CCCn1c(C2=CC=C(F)C(C(F)(F)F)C2)nc2c(=O)n(CC)c(=NCC(C)C)n(CCCC)c21. The highest BCUT2D eigenvalue weighted by molar-refractivity contribution is 5.77. The topological polar surface area (TPSA) is 57.1 Å². The molecule has 1 aliphatic rings. The van der Waals surface area contributed by atoms with E-state index in [0.29, 0.717) is 43.9 Å². The third-order valence-corrected chi connectivity index (χ3v) is 6.22. The zero-order valence-corrected chi connectivity index (χ0v) is 21.4. The van der Waals surface area contributed by atoms with Gasteiger partial charge in [-0.15, -0.1) is 6.58 Å². The van der Waals surface area contributed by atoms with Crippen LogP contribution >= 0.6 is 0 Å². The van der Waals surface area contributed by atoms with E-state index in [9.17, 15) is 22.4 Å². The summed E-state index contributed by atoms with van der Waals surface area (Å²) >= 11 is 0. The van der Waals surface area contributed by atoms with Crippen molar-refractivity contribution in [2.24, 2.45) is 16.8 Å². The van der Waals surface area contributed by atoms with Gasteiger partial charge in [-0.25, -0.2) is 9.37 Å². The van der Waals surface area contributed by atoms with Crippen LogP contribution < -0.4 is 11.2 Å². The van der Waals surface area contributed by atoms with Crippen LogP contribution in [-0.4, -0.2) is 31.4 Å². The predicted molar refractivity (Wildman–Crippen MR) is 134 cm³/mol. The van der Waals surface area contributed by atoms with E-state index in [-0.39, 0.29) is 28.4 Å². The van der Waals surface area contributed by atoms with E-state index in [0.717, 1.165) is 18.9 Å². The van der Waals surface area contributed by atoms with Crippen molar-refractivity contribution in [2.45, 2.75) is 79.2 Å². The van der Waals surface area contributed by atoms with E-state index in [4.69, 9.17) is 4.99 Å². The van der Waals surface area contributed by atoms with Crippen LogP contribution in [0, 0.1) is 11.8 Å². The van der Waals surface area contributed by atoms with E-state index in [1.807, 2.05) is 25.3 Å². The molecule has 2 heterocycles. The van der Waals surface area contributed by atoms with Gasteiger partial charge in [-0.3, -0.25) is 18.9 Å². The Morgan fingerprint density at radius 2 is 1.92 bits per heavy atom. The van der Waals surface area contributed by atoms with Crippen LogP contribution in [0.15, 0.2) is 40.4 Å². The van der Waals surface area contributed by atoms with Gasteiger partial charge in [0.25, 0.3) is 5.56 Å². The molecule has 0 radical (unpaired) electrons. The number of hydrogen-bond donors (Lipinski definition) is 0. The minimum Gasteiger partial charge on any atom is -0.310 e. The average molecular weight is 510 g/mol. The molecular formula is C26H35F4N5O. The molecule has 1 aliphatic carbocycles. The van der Waals surface area contributed by atoms with Crippen molar-refractivity contribution in [1.29, 1.82) is 0 Å². The standard InChI is InChI=1S/C26H35F4N5O/c1-6-9-13-34-22(18-11-12-20(27)19(15-18)26(28,29)30)32-21-23(34)35(14-10-7-2)25(31-16-17(4)5)33(8-3)24(21)36/h6,11-12,17,19H,1,7-10,13-16H2,2-5H3. The van der Waals surface area contributed by atoms with Crippen molar-refractivity contribution in [3.8, 4) is 0 Å². The summed E-state index contributed by atoms with van der Waals surface area (Å²) in [5.41, 5.74) is 1.13. The first-order valence-electron chi connectivity index (χ1n) is 12.5. The van der Waals surface area contributed by atoms with Gasteiger partial charge in [0.15, 0.2) is 5.52 Å². The second-order valence-corrected chi connectivity index (χ2v) is 9.47. The molecule has 1 atom stereocenters. The molecule has 6 nitrogen and oxygen atoms in total. The van der Waals surface area contributed by atoms with Crippen LogP contribution in [0.4, 0.5) is 17.6 Å². The van der Waals surface area contributed by atoms with E-state index >= 15 is 0 Å². The fourth-order valence-electron chi connectivity index (χ4n) is 4.36. The summed E-state index contributed by atoms with van der Waals surface area (Å²) in [5.74, 6) is -2.94. The second-order valence-electron chi connectivity index (χ2n) is 9.47. The first-order chi connectivity index (χ1) is 17.0. The quantitative estimate of drug-likeness (QED) is 0.302. The van der Waals surface area contributed by atoms with Gasteiger partial charge in [-0.2, -0.15) is 13.2 Å². The highest BCUT2D eigenvalue weighted by Gasteiger charge is 2.44. The molecule has 3 rings (SSSR count). The summed E-state index contributed by atoms with van der Waals surface area (Å²) in [5, 5.41) is 0. The highest BCUT2D eigenvalue weighted by atomic mass is 19.4. The third-order valence-electron chi connectivity index (χ3n) is 6.22. The van der Waals surface area contributed by atoms with Crippen molar-refractivity contribution >= 4 is 16.7 Å². The Balaban J connectivity index is 2.40. The Hall–Kier alpha value is -2.91. The van der Waals surface area contributed by atoms with Gasteiger partial charge in [0.1, 0.15) is 23.2 Å². The van der Waals surface area contributed by atoms with Gasteiger partial charge in [-0.1, -0.05) is 39.3 Å². The summed E-state index contributed by atoms with van der Waals surface area (Å²) < 4.78 is 60.0. The number of unbranched alkanes of at least 4 members (excludes halogenated alkanes) is 1. The van der Waals surface area contributed by atoms with Gasteiger partial charge >= 0.3 is 6.18 Å². The minimum atomic E-state index is -4.73. The number of aromatic nitrogens is 4. The Morgan fingerprint density at radius 1 is 1.19 bits per heavy atom. The number of alkyl halides is 3. The summed E-state index contributed by atoms with van der Waals surface area (Å²) in [6, 6.07) is 0. The maximum atomic E-state index is 14.1. The lowest BCUT2D eigenvalue weighted by molar-refractivity contribution is -0.167.